The number of hydrogen-bond donors (Lipinski definition) is 14. The fourth-order valence-corrected chi connectivity index (χ4v) is 11.6. The lowest BCUT2D eigenvalue weighted by molar-refractivity contribution is -0.149. The van der Waals surface area contributed by atoms with E-state index in [9.17, 15) is 67.7 Å². The summed E-state index contributed by atoms with van der Waals surface area (Å²) in [6.45, 7) is 24.9. The summed E-state index contributed by atoms with van der Waals surface area (Å²) < 4.78 is 0. The first-order valence-corrected chi connectivity index (χ1v) is 34.4. The molecule has 0 saturated carbocycles. The number of aliphatic imine (C=N–C) groups is 1. The molecular weight excluding hydrogens is 1220 g/mol. The van der Waals surface area contributed by atoms with E-state index in [0.29, 0.717) is 37.9 Å². The van der Waals surface area contributed by atoms with Gasteiger partial charge in [0.1, 0.15) is 66.5 Å². The van der Waals surface area contributed by atoms with Crippen molar-refractivity contribution >= 4 is 88.7 Å². The predicted octanol–water partition coefficient (Wildman–Crippen LogP) is -0.163. The normalized spacial score (nSPS) is 18.7. The van der Waals surface area contributed by atoms with Crippen LogP contribution in [0.2, 0.25) is 0 Å². The number of hydrogen-bond acceptors (Lipinski definition) is 16. The molecule has 2 aliphatic rings. The van der Waals surface area contributed by atoms with Gasteiger partial charge in [-0.15, -0.1) is 0 Å². The predicted molar refractivity (Wildman–Crippen MR) is 355 cm³/mol. The van der Waals surface area contributed by atoms with E-state index in [1.807, 2.05) is 54.7 Å². The van der Waals surface area contributed by atoms with Crippen molar-refractivity contribution in [3.63, 3.8) is 0 Å². The molecule has 2 saturated heterocycles. The van der Waals surface area contributed by atoms with Crippen LogP contribution in [0.25, 0.3) is 0 Å². The third kappa shape index (κ3) is 27.6. The van der Waals surface area contributed by atoms with Gasteiger partial charge in [-0.05, 0) is 132 Å². The Kier molecular flexibility index (Phi) is 35.8. The monoisotopic (exact) mass is 1340 g/mol. The summed E-state index contributed by atoms with van der Waals surface area (Å²) in [6.07, 6.45) is 3.41. The first-order valence-electron chi connectivity index (χ1n) is 33.0. The molecule has 0 aromatic carbocycles. The molecule has 2 fully saturated rings. The van der Waals surface area contributed by atoms with Crippen molar-refractivity contribution in [2.24, 2.45) is 57.7 Å². The molecule has 2 rings (SSSR count). The highest BCUT2D eigenvalue weighted by Crippen LogP contribution is 2.23. The summed E-state index contributed by atoms with van der Waals surface area (Å²) in [5, 5.41) is 45.1. The number of nitrogens with two attached hydrogens (primary N) is 3. The van der Waals surface area contributed by atoms with Crippen LogP contribution < -0.4 is 65.1 Å². The van der Waals surface area contributed by atoms with E-state index in [4.69, 9.17) is 17.2 Å². The van der Waals surface area contributed by atoms with E-state index < -0.39 is 161 Å². The lowest BCUT2D eigenvalue weighted by Crippen LogP contribution is -2.62. The molecule has 0 bridgehead atoms. The highest BCUT2D eigenvalue weighted by atomic mass is 32.2. The molecule has 11 amide bonds. The molecular formula is C63H113N15O14S. The van der Waals surface area contributed by atoms with Gasteiger partial charge in [0.25, 0.3) is 0 Å². The minimum Gasteiger partial charge on any atom is -0.480 e. The minimum atomic E-state index is -1.61. The van der Waals surface area contributed by atoms with Crippen molar-refractivity contribution in [2.45, 2.75) is 253 Å². The first kappa shape index (κ1) is 82.3. The van der Waals surface area contributed by atoms with Crippen LogP contribution in [0, 0.1) is 35.5 Å². The number of aliphatic hydroxyl groups is 1. The van der Waals surface area contributed by atoms with Crippen LogP contribution >= 0.6 is 11.8 Å². The maximum atomic E-state index is 14.5. The van der Waals surface area contributed by atoms with E-state index >= 15 is 0 Å². The zero-order valence-corrected chi connectivity index (χ0v) is 58.4. The number of thioether (sulfide) groups is 1. The van der Waals surface area contributed by atoms with E-state index in [-0.39, 0.29) is 94.2 Å². The number of carbonyl (C=O) groups is 12. The zero-order chi connectivity index (χ0) is 70.7. The first-order chi connectivity index (χ1) is 43.4. The molecule has 14 atom stereocenters. The van der Waals surface area contributed by atoms with E-state index in [1.54, 1.807) is 34.6 Å². The molecule has 0 radical (unpaired) electrons. The van der Waals surface area contributed by atoms with Crippen LogP contribution in [0.5, 0.6) is 0 Å². The quantitative estimate of drug-likeness (QED) is 0.0215. The maximum Gasteiger partial charge on any atom is 0.326 e. The van der Waals surface area contributed by atoms with Gasteiger partial charge in [-0.1, -0.05) is 89.5 Å². The Hall–Kier alpha value is -6.82. The van der Waals surface area contributed by atoms with Crippen molar-refractivity contribution in [3.8, 4) is 0 Å². The van der Waals surface area contributed by atoms with Gasteiger partial charge in [0.15, 0.2) is 5.96 Å². The van der Waals surface area contributed by atoms with Gasteiger partial charge in [0, 0.05) is 19.6 Å². The number of rotatable bonds is 40. The molecule has 0 aromatic heterocycles. The van der Waals surface area contributed by atoms with Gasteiger partial charge in [-0.3, -0.25) is 57.7 Å². The van der Waals surface area contributed by atoms with Gasteiger partial charge >= 0.3 is 5.97 Å². The number of carboxylic acids is 1. The molecule has 0 spiro atoms. The number of nitrogens with one attached hydrogen (secondary N) is 9. The maximum absolute atomic E-state index is 14.5. The number of aliphatic hydroxyl groups excluding tert-OH is 1. The molecule has 0 aliphatic carbocycles. The summed E-state index contributed by atoms with van der Waals surface area (Å²) in [5.41, 5.74) is 16.9. The second-order valence-electron chi connectivity index (χ2n) is 26.9. The van der Waals surface area contributed by atoms with Gasteiger partial charge in [-0.25, -0.2) is 4.79 Å². The minimum absolute atomic E-state index is 0.0531. The zero-order valence-electron chi connectivity index (χ0n) is 57.6. The molecule has 2 aliphatic heterocycles. The van der Waals surface area contributed by atoms with Crippen molar-refractivity contribution in [1.29, 1.82) is 0 Å². The van der Waals surface area contributed by atoms with Crippen LogP contribution in [0.1, 0.15) is 174 Å². The Balaban J connectivity index is 2.35. The number of carbonyl (C=O) groups excluding carboxylic acids is 11. The molecule has 530 valence electrons. The molecule has 0 unspecified atom stereocenters. The Bertz CT molecular complexity index is 2550. The lowest BCUT2D eigenvalue weighted by atomic mass is 9.95. The Labute approximate surface area is 553 Å². The highest BCUT2D eigenvalue weighted by Gasteiger charge is 2.43. The number of aliphatic carboxylic acids is 1. The summed E-state index contributed by atoms with van der Waals surface area (Å²) in [7, 11) is 0. The average molecular weight is 1340 g/mol. The third-order valence-electron chi connectivity index (χ3n) is 16.4. The third-order valence-corrected chi connectivity index (χ3v) is 17.0. The fraction of sp³-hybridized carbons (Fsp3) is 0.794. The molecule has 93 heavy (non-hydrogen) atoms. The largest absolute Gasteiger partial charge is 0.480 e. The van der Waals surface area contributed by atoms with Crippen molar-refractivity contribution in [2.75, 3.05) is 31.6 Å². The van der Waals surface area contributed by atoms with Gasteiger partial charge in [-0.2, -0.15) is 11.8 Å². The second-order valence-corrected chi connectivity index (χ2v) is 27.9. The average Bonchev–Trinajstić information content (AvgIpc) is 1.79. The van der Waals surface area contributed by atoms with Crippen LogP contribution in [0.15, 0.2) is 4.99 Å². The second kappa shape index (κ2) is 40.4. The van der Waals surface area contributed by atoms with Crippen molar-refractivity contribution < 1.29 is 67.7 Å². The lowest BCUT2D eigenvalue weighted by Gasteiger charge is -2.32. The number of likely N-dealkylation sites (tertiary alicyclic amines) is 2. The molecule has 29 nitrogen and oxygen atoms in total. The van der Waals surface area contributed by atoms with Crippen LogP contribution in [0.3, 0.4) is 0 Å². The summed E-state index contributed by atoms with van der Waals surface area (Å²) >= 11 is 1.43. The van der Waals surface area contributed by atoms with E-state index in [0.717, 1.165) is 0 Å². The Morgan fingerprint density at radius 2 is 0.914 bits per heavy atom. The van der Waals surface area contributed by atoms with Crippen LogP contribution in [0.4, 0.5) is 0 Å². The van der Waals surface area contributed by atoms with Crippen molar-refractivity contribution in [1.82, 2.24) is 57.7 Å². The van der Waals surface area contributed by atoms with Gasteiger partial charge in [0.05, 0.1) is 12.1 Å². The molecule has 17 N–H and O–H groups in total. The summed E-state index contributed by atoms with van der Waals surface area (Å²) in [5.74, 6) is -10.2. The topological polar surface area (TPSA) is 450 Å². The van der Waals surface area contributed by atoms with Gasteiger partial charge < -0.3 is 85.1 Å². The number of amides is 11. The van der Waals surface area contributed by atoms with Crippen molar-refractivity contribution in [3.05, 3.63) is 0 Å². The molecule has 0 aromatic rings. The summed E-state index contributed by atoms with van der Waals surface area (Å²) in [4.78, 5) is 173. The van der Waals surface area contributed by atoms with E-state index in [2.05, 4.69) is 52.8 Å². The molecule has 2 heterocycles. The number of nitrogens with zero attached hydrogens (tertiary/aromatic N) is 3. The standard InChI is InChI=1S/C63H113N15O14S/c1-16-37(12)49(58(87)69-41(23-27-93-15)61(90)77-25-18-21-46(77)56(85)68-38(13)60(89)78-26-19-22-47(78)62(91)92)75-54(83)45(31-35(8)9)72-57(86)48(36(10)11)74-53(82)44(30-34(6)7)71-52(81)42(28-32(2)3)73-59(88)50(39(14)79)76-55(84)43(29-33(4)5)70-51(80)40(64)20-17-24-67-63(65)66/h32-50,79H,16-31,64H2,1-15H3,(H,68,85)(H,69,87)(H,70,80)(H,71,81)(H,72,86)(H,73,88)(H,74,82)(H,75,83)(H,76,84)(H,91,92)(H4,65,66,67)/t37-,38-,39+,40-,41-,42-,43-,44-,45-,46-,47-,48-,49-,50-/m0/s1. The van der Waals surface area contributed by atoms with Crippen LogP contribution in [-0.2, 0) is 57.5 Å². The fourth-order valence-electron chi connectivity index (χ4n) is 11.1. The van der Waals surface area contributed by atoms with Gasteiger partial charge in [0.2, 0.25) is 65.0 Å². The number of guanidine groups is 1. The Morgan fingerprint density at radius 1 is 0.516 bits per heavy atom. The smallest absolute Gasteiger partial charge is 0.326 e. The van der Waals surface area contributed by atoms with E-state index in [1.165, 1.54) is 35.4 Å². The molecule has 30 heteroatoms. The van der Waals surface area contributed by atoms with Crippen LogP contribution in [-0.4, -0.2) is 207 Å². The Morgan fingerprint density at radius 3 is 1.34 bits per heavy atom. The summed E-state index contributed by atoms with van der Waals surface area (Å²) in [6, 6.07) is -14.2. The SMILES string of the molecule is CC[C@H](C)[C@H](NC(=O)[C@H](CC(C)C)NC(=O)[C@@H](NC(=O)[C@H](CC(C)C)NC(=O)[C@H](CC(C)C)NC(=O)[C@@H](NC(=O)[C@H](CC(C)C)NC(=O)[C@@H](N)CCCN=C(N)N)[C@@H](C)O)C(C)C)C(=O)N[C@@H](CCSC)C(=O)N1CCC[C@H]1C(=O)N[C@@H](C)C(=O)N1CCC[C@H]1C(=O)O. The number of carboxylic acid groups (broad SMARTS) is 1. The highest BCUT2D eigenvalue weighted by molar-refractivity contribution is 7.98.